The second-order valence-corrected chi connectivity index (χ2v) is 5.60. The molecule has 0 aromatic heterocycles. The van der Waals surface area contributed by atoms with E-state index in [4.69, 9.17) is 0 Å². The van der Waals surface area contributed by atoms with E-state index < -0.39 is 0 Å². The third kappa shape index (κ3) is 2.60. The van der Waals surface area contributed by atoms with Crippen LogP contribution in [0.5, 0.6) is 5.75 Å². The molecule has 0 bridgehead atoms. The minimum atomic E-state index is -0.108. The number of phenols is 1. The summed E-state index contributed by atoms with van der Waals surface area (Å²) in [5, 5.41) is 12.5. The Bertz CT molecular complexity index is 452. The van der Waals surface area contributed by atoms with E-state index in [-0.39, 0.29) is 11.7 Å². The molecular weight excluding hydrogens is 214 g/mol. The smallest absolute Gasteiger partial charge is 0.251 e. The van der Waals surface area contributed by atoms with Crippen LogP contribution in [0.15, 0.2) is 18.2 Å². The molecular formula is C14H19NO2. The summed E-state index contributed by atoms with van der Waals surface area (Å²) in [6, 6.07) is 5.01. The summed E-state index contributed by atoms with van der Waals surface area (Å²) in [6.07, 6.45) is 1.17. The number of aromatic hydroxyl groups is 1. The summed E-state index contributed by atoms with van der Waals surface area (Å²) in [7, 11) is 0. The van der Waals surface area contributed by atoms with Crippen LogP contribution < -0.4 is 5.32 Å². The van der Waals surface area contributed by atoms with Crippen LogP contribution in [0.4, 0.5) is 0 Å². The van der Waals surface area contributed by atoms with E-state index in [1.54, 1.807) is 12.1 Å². The number of hydrogen-bond donors (Lipinski definition) is 2. The largest absolute Gasteiger partial charge is 0.508 e. The zero-order valence-electron chi connectivity index (χ0n) is 10.6. The van der Waals surface area contributed by atoms with Gasteiger partial charge in [0.25, 0.3) is 5.91 Å². The van der Waals surface area contributed by atoms with Gasteiger partial charge in [0, 0.05) is 12.1 Å². The first kappa shape index (κ1) is 12.0. The van der Waals surface area contributed by atoms with Crippen LogP contribution in [0.1, 0.15) is 36.2 Å². The quantitative estimate of drug-likeness (QED) is 0.842. The van der Waals surface area contributed by atoms with Gasteiger partial charge in [0.1, 0.15) is 5.75 Å². The Hall–Kier alpha value is -1.51. The monoisotopic (exact) mass is 233 g/mol. The van der Waals surface area contributed by atoms with Gasteiger partial charge in [-0.1, -0.05) is 19.9 Å². The molecule has 1 aliphatic carbocycles. The fourth-order valence-electron chi connectivity index (χ4n) is 1.99. The molecule has 0 saturated heterocycles. The highest BCUT2D eigenvalue weighted by Gasteiger charge is 2.45. The standard InChI is InChI=1S/C14H19NO2/c1-9-4-5-10(6-12(9)16)13(17)15-8-11-7-14(11,2)3/h4-6,11,16H,7-8H2,1-3H3,(H,15,17). The minimum absolute atomic E-state index is 0.108. The van der Waals surface area contributed by atoms with Gasteiger partial charge in [-0.2, -0.15) is 0 Å². The molecule has 0 spiro atoms. The Morgan fingerprint density at radius 3 is 2.71 bits per heavy atom. The topological polar surface area (TPSA) is 49.3 Å². The lowest BCUT2D eigenvalue weighted by atomic mass is 10.1. The summed E-state index contributed by atoms with van der Waals surface area (Å²) in [6.45, 7) is 6.95. The van der Waals surface area contributed by atoms with Crippen molar-refractivity contribution in [3.05, 3.63) is 29.3 Å². The number of hydrogen-bond acceptors (Lipinski definition) is 2. The number of phenolic OH excluding ortho intramolecular Hbond substituents is 1. The molecule has 2 rings (SSSR count). The Balaban J connectivity index is 1.93. The summed E-state index contributed by atoms with van der Waals surface area (Å²) >= 11 is 0. The van der Waals surface area contributed by atoms with E-state index in [0.717, 1.165) is 12.1 Å². The van der Waals surface area contributed by atoms with E-state index in [9.17, 15) is 9.90 Å². The highest BCUT2D eigenvalue weighted by atomic mass is 16.3. The van der Waals surface area contributed by atoms with Crippen LogP contribution in [-0.4, -0.2) is 17.6 Å². The van der Waals surface area contributed by atoms with E-state index in [0.29, 0.717) is 16.9 Å². The van der Waals surface area contributed by atoms with Crippen molar-refractivity contribution in [2.24, 2.45) is 11.3 Å². The average Bonchev–Trinajstić information content (AvgIpc) is 2.87. The predicted octanol–water partition coefficient (Wildman–Crippen LogP) is 2.48. The third-order valence-corrected chi connectivity index (χ3v) is 3.70. The first-order valence-electron chi connectivity index (χ1n) is 5.98. The maximum absolute atomic E-state index is 11.8. The van der Waals surface area contributed by atoms with Crippen LogP contribution in [0, 0.1) is 18.3 Å². The SMILES string of the molecule is Cc1ccc(C(=O)NCC2CC2(C)C)cc1O. The van der Waals surface area contributed by atoms with Crippen molar-refractivity contribution in [3.8, 4) is 5.75 Å². The second kappa shape index (κ2) is 4.06. The first-order valence-corrected chi connectivity index (χ1v) is 5.98. The normalized spacial score (nSPS) is 21.0. The molecule has 1 saturated carbocycles. The van der Waals surface area contributed by atoms with Crippen LogP contribution in [0.2, 0.25) is 0 Å². The zero-order valence-corrected chi connectivity index (χ0v) is 10.6. The summed E-state index contributed by atoms with van der Waals surface area (Å²) in [4.78, 5) is 11.8. The number of benzene rings is 1. The van der Waals surface area contributed by atoms with Gasteiger partial charge in [0.15, 0.2) is 0 Å². The van der Waals surface area contributed by atoms with Gasteiger partial charge >= 0.3 is 0 Å². The maximum atomic E-state index is 11.8. The Labute approximate surface area is 102 Å². The number of nitrogens with one attached hydrogen (secondary N) is 1. The van der Waals surface area contributed by atoms with Gasteiger partial charge in [-0.25, -0.2) is 0 Å². The van der Waals surface area contributed by atoms with Crippen molar-refractivity contribution in [2.75, 3.05) is 6.54 Å². The maximum Gasteiger partial charge on any atom is 0.251 e. The summed E-state index contributed by atoms with van der Waals surface area (Å²) < 4.78 is 0. The van der Waals surface area contributed by atoms with E-state index in [1.807, 2.05) is 6.92 Å². The molecule has 17 heavy (non-hydrogen) atoms. The highest BCUT2D eigenvalue weighted by Crippen LogP contribution is 2.50. The number of aryl methyl sites for hydroxylation is 1. The fraction of sp³-hybridized carbons (Fsp3) is 0.500. The Morgan fingerprint density at radius 1 is 1.53 bits per heavy atom. The van der Waals surface area contributed by atoms with E-state index in [2.05, 4.69) is 19.2 Å². The lowest BCUT2D eigenvalue weighted by Crippen LogP contribution is -2.26. The predicted molar refractivity (Wildman–Crippen MR) is 67.1 cm³/mol. The van der Waals surface area contributed by atoms with Crippen molar-refractivity contribution in [1.82, 2.24) is 5.32 Å². The van der Waals surface area contributed by atoms with Gasteiger partial charge < -0.3 is 10.4 Å². The van der Waals surface area contributed by atoms with Crippen molar-refractivity contribution in [1.29, 1.82) is 0 Å². The average molecular weight is 233 g/mol. The molecule has 0 aliphatic heterocycles. The first-order chi connectivity index (χ1) is 7.90. The number of amides is 1. The number of carbonyl (C=O) groups excluding carboxylic acids is 1. The lowest BCUT2D eigenvalue weighted by molar-refractivity contribution is 0.0950. The Morgan fingerprint density at radius 2 is 2.18 bits per heavy atom. The molecule has 0 radical (unpaired) electrons. The molecule has 3 heteroatoms. The molecule has 1 atom stereocenters. The van der Waals surface area contributed by atoms with Crippen LogP contribution in [-0.2, 0) is 0 Å². The van der Waals surface area contributed by atoms with Crippen molar-refractivity contribution in [2.45, 2.75) is 27.2 Å². The summed E-state index contributed by atoms with van der Waals surface area (Å²) in [5.74, 6) is 0.651. The van der Waals surface area contributed by atoms with Crippen LogP contribution in [0.3, 0.4) is 0 Å². The molecule has 1 unspecified atom stereocenters. The molecule has 92 valence electrons. The Kier molecular flexibility index (Phi) is 2.86. The van der Waals surface area contributed by atoms with Crippen LogP contribution >= 0.6 is 0 Å². The molecule has 2 N–H and O–H groups in total. The highest BCUT2D eigenvalue weighted by molar-refractivity contribution is 5.94. The number of carbonyl (C=O) groups is 1. The molecule has 3 nitrogen and oxygen atoms in total. The number of rotatable bonds is 3. The molecule has 1 fully saturated rings. The van der Waals surface area contributed by atoms with Crippen molar-refractivity contribution >= 4 is 5.91 Å². The van der Waals surface area contributed by atoms with Gasteiger partial charge in [0.05, 0.1) is 0 Å². The van der Waals surface area contributed by atoms with Gasteiger partial charge in [-0.15, -0.1) is 0 Å². The fourth-order valence-corrected chi connectivity index (χ4v) is 1.99. The molecule has 1 aliphatic rings. The van der Waals surface area contributed by atoms with E-state index in [1.165, 1.54) is 12.5 Å². The zero-order chi connectivity index (χ0) is 12.6. The minimum Gasteiger partial charge on any atom is -0.508 e. The molecule has 0 heterocycles. The van der Waals surface area contributed by atoms with Crippen molar-refractivity contribution < 1.29 is 9.90 Å². The lowest BCUT2D eigenvalue weighted by Gasteiger charge is -2.07. The van der Waals surface area contributed by atoms with Crippen molar-refractivity contribution in [3.63, 3.8) is 0 Å². The van der Waals surface area contributed by atoms with Gasteiger partial charge in [-0.3, -0.25) is 4.79 Å². The summed E-state index contributed by atoms with van der Waals surface area (Å²) in [5.41, 5.74) is 1.68. The van der Waals surface area contributed by atoms with E-state index >= 15 is 0 Å². The van der Waals surface area contributed by atoms with Gasteiger partial charge in [-0.05, 0) is 42.4 Å². The second-order valence-electron chi connectivity index (χ2n) is 5.60. The van der Waals surface area contributed by atoms with Gasteiger partial charge in [0.2, 0.25) is 0 Å². The molecule has 1 amide bonds. The van der Waals surface area contributed by atoms with Crippen LogP contribution in [0.25, 0.3) is 0 Å². The molecule has 1 aromatic rings. The third-order valence-electron chi connectivity index (χ3n) is 3.70. The molecule has 1 aromatic carbocycles.